The summed E-state index contributed by atoms with van der Waals surface area (Å²) < 4.78 is 16.5. The highest BCUT2D eigenvalue weighted by Gasteiger charge is 2.17. The SMILES string of the molecule is COc1cc(Cl)cc(CN(C)Cc2nc(C)no2)c1OC(C)C. The first-order valence-electron chi connectivity index (χ1n) is 7.39. The zero-order valence-corrected chi connectivity index (χ0v) is 14.8. The van der Waals surface area contributed by atoms with E-state index < -0.39 is 0 Å². The average molecular weight is 340 g/mol. The van der Waals surface area contributed by atoms with Gasteiger partial charge in [-0.25, -0.2) is 0 Å². The highest BCUT2D eigenvalue weighted by molar-refractivity contribution is 6.30. The number of benzene rings is 1. The fourth-order valence-corrected chi connectivity index (χ4v) is 2.47. The molecule has 2 rings (SSSR count). The van der Waals surface area contributed by atoms with Crippen molar-refractivity contribution in [1.29, 1.82) is 0 Å². The van der Waals surface area contributed by atoms with Crippen LogP contribution in [0, 0.1) is 6.92 Å². The van der Waals surface area contributed by atoms with Crippen molar-refractivity contribution in [3.8, 4) is 11.5 Å². The van der Waals surface area contributed by atoms with Crippen LogP contribution in [0.4, 0.5) is 0 Å². The Morgan fingerprint density at radius 3 is 2.61 bits per heavy atom. The van der Waals surface area contributed by atoms with E-state index in [9.17, 15) is 0 Å². The Bertz CT molecular complexity index is 658. The second kappa shape index (κ2) is 7.66. The topological polar surface area (TPSA) is 60.6 Å². The molecular weight excluding hydrogens is 318 g/mol. The Morgan fingerprint density at radius 2 is 2.04 bits per heavy atom. The molecule has 0 bridgehead atoms. The molecule has 0 fully saturated rings. The number of rotatable bonds is 7. The van der Waals surface area contributed by atoms with Crippen molar-refractivity contribution in [2.24, 2.45) is 0 Å². The second-order valence-electron chi connectivity index (χ2n) is 5.67. The number of aromatic nitrogens is 2. The Balaban J connectivity index is 2.21. The van der Waals surface area contributed by atoms with Gasteiger partial charge in [-0.1, -0.05) is 16.8 Å². The molecular formula is C16H22ClN3O3. The summed E-state index contributed by atoms with van der Waals surface area (Å²) in [4.78, 5) is 6.26. The van der Waals surface area contributed by atoms with Gasteiger partial charge in [-0.3, -0.25) is 4.90 Å². The predicted octanol–water partition coefficient (Wildman–Crippen LogP) is 3.46. The third kappa shape index (κ3) is 4.84. The van der Waals surface area contributed by atoms with Gasteiger partial charge >= 0.3 is 0 Å². The van der Waals surface area contributed by atoms with E-state index in [2.05, 4.69) is 10.1 Å². The number of ether oxygens (including phenoxy) is 2. The molecule has 0 aliphatic rings. The van der Waals surface area contributed by atoms with Crippen molar-refractivity contribution in [2.75, 3.05) is 14.2 Å². The van der Waals surface area contributed by atoms with Crippen LogP contribution in [0.2, 0.25) is 5.02 Å². The lowest BCUT2D eigenvalue weighted by atomic mass is 10.1. The molecule has 0 spiro atoms. The van der Waals surface area contributed by atoms with E-state index >= 15 is 0 Å². The maximum atomic E-state index is 6.19. The fraction of sp³-hybridized carbons (Fsp3) is 0.500. The second-order valence-corrected chi connectivity index (χ2v) is 6.11. The third-order valence-electron chi connectivity index (χ3n) is 3.09. The van der Waals surface area contributed by atoms with Gasteiger partial charge in [-0.05, 0) is 33.9 Å². The van der Waals surface area contributed by atoms with Gasteiger partial charge in [-0.15, -0.1) is 0 Å². The summed E-state index contributed by atoms with van der Waals surface area (Å²) in [6, 6.07) is 3.64. The van der Waals surface area contributed by atoms with Gasteiger partial charge in [0.05, 0.1) is 19.8 Å². The minimum absolute atomic E-state index is 0.0349. The highest BCUT2D eigenvalue weighted by atomic mass is 35.5. The lowest BCUT2D eigenvalue weighted by molar-refractivity contribution is 0.217. The maximum absolute atomic E-state index is 6.19. The molecule has 0 atom stereocenters. The Morgan fingerprint density at radius 1 is 1.30 bits per heavy atom. The van der Waals surface area contributed by atoms with Crippen molar-refractivity contribution >= 4 is 11.6 Å². The molecule has 2 aromatic rings. The molecule has 0 amide bonds. The van der Waals surface area contributed by atoms with E-state index in [4.69, 9.17) is 25.6 Å². The molecule has 23 heavy (non-hydrogen) atoms. The van der Waals surface area contributed by atoms with Gasteiger partial charge < -0.3 is 14.0 Å². The molecule has 0 saturated carbocycles. The molecule has 7 heteroatoms. The molecule has 6 nitrogen and oxygen atoms in total. The summed E-state index contributed by atoms with van der Waals surface area (Å²) in [6.07, 6.45) is 0.0349. The van der Waals surface area contributed by atoms with Gasteiger partial charge in [0.15, 0.2) is 17.3 Å². The van der Waals surface area contributed by atoms with E-state index in [1.165, 1.54) is 0 Å². The van der Waals surface area contributed by atoms with Crippen molar-refractivity contribution in [1.82, 2.24) is 15.0 Å². The molecule has 0 N–H and O–H groups in total. The van der Waals surface area contributed by atoms with E-state index in [1.54, 1.807) is 20.1 Å². The van der Waals surface area contributed by atoms with Crippen LogP contribution in [0.25, 0.3) is 0 Å². The smallest absolute Gasteiger partial charge is 0.240 e. The first kappa shape index (κ1) is 17.6. The number of hydrogen-bond donors (Lipinski definition) is 0. The number of methoxy groups -OCH3 is 1. The minimum atomic E-state index is 0.0349. The van der Waals surface area contributed by atoms with Gasteiger partial charge in [0.25, 0.3) is 0 Å². The zero-order valence-electron chi connectivity index (χ0n) is 14.1. The lowest BCUT2D eigenvalue weighted by Crippen LogP contribution is -2.19. The van der Waals surface area contributed by atoms with Crippen LogP contribution in [0.5, 0.6) is 11.5 Å². The number of halogens is 1. The molecule has 0 saturated heterocycles. The van der Waals surface area contributed by atoms with Crippen LogP contribution in [0.1, 0.15) is 31.1 Å². The molecule has 126 valence electrons. The summed E-state index contributed by atoms with van der Waals surface area (Å²) >= 11 is 6.19. The zero-order chi connectivity index (χ0) is 17.0. The Kier molecular flexibility index (Phi) is 5.85. The van der Waals surface area contributed by atoms with Gasteiger partial charge in [-0.2, -0.15) is 4.98 Å². The largest absolute Gasteiger partial charge is 0.493 e. The molecule has 1 heterocycles. The summed E-state index contributed by atoms with van der Waals surface area (Å²) in [5.74, 6) is 2.54. The predicted molar refractivity (Wildman–Crippen MR) is 88.0 cm³/mol. The van der Waals surface area contributed by atoms with Gasteiger partial charge in [0.2, 0.25) is 5.89 Å². The van der Waals surface area contributed by atoms with Crippen LogP contribution >= 0.6 is 11.6 Å². The van der Waals surface area contributed by atoms with Crippen LogP contribution in [-0.4, -0.2) is 35.3 Å². The summed E-state index contributed by atoms with van der Waals surface area (Å²) in [6.45, 7) is 6.89. The van der Waals surface area contributed by atoms with Crippen LogP contribution in [0.15, 0.2) is 16.7 Å². The average Bonchev–Trinajstić information content (AvgIpc) is 2.86. The monoisotopic (exact) mass is 339 g/mol. The van der Waals surface area contributed by atoms with Gasteiger partial charge in [0.1, 0.15) is 0 Å². The van der Waals surface area contributed by atoms with E-state index in [-0.39, 0.29) is 6.10 Å². The maximum Gasteiger partial charge on any atom is 0.240 e. The molecule has 1 aromatic carbocycles. The quantitative estimate of drug-likeness (QED) is 0.770. The van der Waals surface area contributed by atoms with Gasteiger partial charge in [0, 0.05) is 23.2 Å². The number of nitrogens with zero attached hydrogens (tertiary/aromatic N) is 3. The summed E-state index contributed by atoms with van der Waals surface area (Å²) in [7, 11) is 3.57. The Labute approximate surface area is 141 Å². The van der Waals surface area contributed by atoms with Crippen LogP contribution < -0.4 is 9.47 Å². The summed E-state index contributed by atoms with van der Waals surface area (Å²) in [5.41, 5.74) is 0.946. The van der Waals surface area contributed by atoms with E-state index in [0.29, 0.717) is 41.3 Å². The van der Waals surface area contributed by atoms with Crippen molar-refractivity contribution in [3.63, 3.8) is 0 Å². The molecule has 1 aromatic heterocycles. The fourth-order valence-electron chi connectivity index (χ4n) is 2.24. The lowest BCUT2D eigenvalue weighted by Gasteiger charge is -2.21. The first-order valence-corrected chi connectivity index (χ1v) is 7.77. The van der Waals surface area contributed by atoms with Crippen LogP contribution in [0.3, 0.4) is 0 Å². The minimum Gasteiger partial charge on any atom is -0.493 e. The summed E-state index contributed by atoms with van der Waals surface area (Å²) in [5, 5.41) is 4.40. The molecule has 0 radical (unpaired) electrons. The van der Waals surface area contributed by atoms with Crippen molar-refractivity contribution in [3.05, 3.63) is 34.4 Å². The first-order chi connectivity index (χ1) is 10.9. The highest BCUT2D eigenvalue weighted by Crippen LogP contribution is 2.36. The van der Waals surface area contributed by atoms with Crippen molar-refractivity contribution in [2.45, 2.75) is 40.0 Å². The number of hydrogen-bond acceptors (Lipinski definition) is 6. The molecule has 0 unspecified atom stereocenters. The van der Waals surface area contributed by atoms with Crippen molar-refractivity contribution < 1.29 is 14.0 Å². The number of aryl methyl sites for hydroxylation is 1. The standard InChI is InChI=1S/C16H22ClN3O3/c1-10(2)22-16-12(6-13(17)7-14(16)21-5)8-20(4)9-15-18-11(3)19-23-15/h6-7,10H,8-9H2,1-5H3. The van der Waals surface area contributed by atoms with E-state index in [0.717, 1.165) is 5.56 Å². The third-order valence-corrected chi connectivity index (χ3v) is 3.30. The normalized spacial score (nSPS) is 11.3. The molecule has 0 aliphatic heterocycles. The molecule has 0 aliphatic carbocycles. The Hall–Kier alpha value is -1.79. The van der Waals surface area contributed by atoms with Crippen LogP contribution in [-0.2, 0) is 13.1 Å². The van der Waals surface area contributed by atoms with E-state index in [1.807, 2.05) is 31.9 Å².